The van der Waals surface area contributed by atoms with Crippen molar-refractivity contribution in [1.29, 1.82) is 0 Å². The fourth-order valence-electron chi connectivity index (χ4n) is 4.01. The van der Waals surface area contributed by atoms with Crippen molar-refractivity contribution < 1.29 is 14.0 Å². The SMILES string of the molecule is CC1(C)OB(c2cnc(N3CC4(COC4)c4ccc(S)cc43)nc2)OC1(C)C. The lowest BCUT2D eigenvalue weighted by Gasteiger charge is -2.38. The lowest BCUT2D eigenvalue weighted by molar-refractivity contribution is -0.0507. The Labute approximate surface area is 171 Å². The Kier molecular flexibility index (Phi) is 3.92. The molecule has 0 aliphatic carbocycles. The predicted octanol–water partition coefficient (Wildman–Crippen LogP) is 2.48. The number of rotatable bonds is 2. The van der Waals surface area contributed by atoms with Crippen molar-refractivity contribution in [3.05, 3.63) is 36.2 Å². The first kappa shape index (κ1) is 18.4. The van der Waals surface area contributed by atoms with Crippen LogP contribution in [0.3, 0.4) is 0 Å². The maximum absolute atomic E-state index is 6.10. The topological polar surface area (TPSA) is 56.7 Å². The van der Waals surface area contributed by atoms with E-state index < -0.39 is 7.12 Å². The van der Waals surface area contributed by atoms with Crippen LogP contribution in [0.5, 0.6) is 0 Å². The minimum Gasteiger partial charge on any atom is -0.399 e. The van der Waals surface area contributed by atoms with Crippen LogP contribution in [0, 0.1) is 0 Å². The zero-order chi connectivity index (χ0) is 19.7. The van der Waals surface area contributed by atoms with Crippen molar-refractivity contribution in [2.45, 2.75) is 49.2 Å². The number of hydrogen-bond donors (Lipinski definition) is 1. The van der Waals surface area contributed by atoms with Crippen molar-refractivity contribution >= 4 is 36.8 Å². The number of nitrogens with zero attached hydrogens (tertiary/aromatic N) is 3. The van der Waals surface area contributed by atoms with Crippen LogP contribution in [0.15, 0.2) is 35.5 Å². The van der Waals surface area contributed by atoms with Gasteiger partial charge in [0.05, 0.1) is 29.8 Å². The largest absolute Gasteiger partial charge is 0.498 e. The van der Waals surface area contributed by atoms with Crippen LogP contribution in [0.1, 0.15) is 33.3 Å². The summed E-state index contributed by atoms with van der Waals surface area (Å²) >= 11 is 4.52. The molecule has 0 amide bonds. The summed E-state index contributed by atoms with van der Waals surface area (Å²) in [4.78, 5) is 12.4. The molecule has 2 fully saturated rings. The summed E-state index contributed by atoms with van der Waals surface area (Å²) in [6.07, 6.45) is 3.61. The molecule has 3 aliphatic rings. The van der Waals surface area contributed by atoms with Gasteiger partial charge in [-0.05, 0) is 45.4 Å². The van der Waals surface area contributed by atoms with E-state index >= 15 is 0 Å². The maximum atomic E-state index is 6.10. The molecule has 2 aromatic rings. The second-order valence-electron chi connectivity index (χ2n) is 8.97. The van der Waals surface area contributed by atoms with Crippen LogP contribution in [-0.4, -0.2) is 48.0 Å². The minimum absolute atomic E-state index is 0.0323. The number of anilines is 2. The molecule has 0 atom stereocenters. The fourth-order valence-corrected chi connectivity index (χ4v) is 4.21. The highest BCUT2D eigenvalue weighted by Crippen LogP contribution is 2.48. The van der Waals surface area contributed by atoms with Gasteiger partial charge >= 0.3 is 7.12 Å². The molecule has 0 radical (unpaired) electrons. The van der Waals surface area contributed by atoms with Gasteiger partial charge in [-0.2, -0.15) is 0 Å². The number of fused-ring (bicyclic) bond motifs is 2. The first-order valence-electron chi connectivity index (χ1n) is 9.57. The third-order valence-corrected chi connectivity index (χ3v) is 6.76. The van der Waals surface area contributed by atoms with Crippen molar-refractivity contribution in [1.82, 2.24) is 9.97 Å². The van der Waals surface area contributed by atoms with Crippen LogP contribution in [0.25, 0.3) is 0 Å². The highest BCUT2D eigenvalue weighted by molar-refractivity contribution is 7.80. The van der Waals surface area contributed by atoms with Gasteiger partial charge in [-0.1, -0.05) is 6.07 Å². The standard InChI is InChI=1S/C20H24BN3O3S/c1-18(2)19(3,4)27-21(26-18)13-8-22-17(23-9-13)24-10-20(11-25-12-20)15-6-5-14(28)7-16(15)24/h5-9,28H,10-12H2,1-4H3. The average Bonchev–Trinajstić information content (AvgIpc) is 3.06. The Balaban J connectivity index is 1.44. The number of thiol groups is 1. The smallest absolute Gasteiger partial charge is 0.399 e. The lowest BCUT2D eigenvalue weighted by Crippen LogP contribution is -2.49. The predicted molar refractivity (Wildman–Crippen MR) is 111 cm³/mol. The Morgan fingerprint density at radius 2 is 1.68 bits per heavy atom. The second kappa shape index (κ2) is 5.95. The Morgan fingerprint density at radius 3 is 2.25 bits per heavy atom. The van der Waals surface area contributed by atoms with Gasteiger partial charge < -0.3 is 18.9 Å². The summed E-state index contributed by atoms with van der Waals surface area (Å²) in [5.74, 6) is 0.671. The number of aromatic nitrogens is 2. The van der Waals surface area contributed by atoms with Crippen LogP contribution in [0.4, 0.5) is 11.6 Å². The van der Waals surface area contributed by atoms with E-state index in [0.29, 0.717) is 5.95 Å². The Bertz CT molecular complexity index is 915. The summed E-state index contributed by atoms with van der Waals surface area (Å²) in [6.45, 7) is 10.4. The summed E-state index contributed by atoms with van der Waals surface area (Å²) in [5, 5.41) is 0. The minimum atomic E-state index is -0.458. The van der Waals surface area contributed by atoms with E-state index in [1.807, 2.05) is 33.8 Å². The van der Waals surface area contributed by atoms with E-state index in [1.54, 1.807) is 12.4 Å². The van der Waals surface area contributed by atoms with Crippen molar-refractivity contribution in [2.75, 3.05) is 24.7 Å². The maximum Gasteiger partial charge on any atom is 0.498 e. The van der Waals surface area contributed by atoms with Gasteiger partial charge in [0.1, 0.15) is 0 Å². The fraction of sp³-hybridized carbons (Fsp3) is 0.500. The molecule has 1 aromatic heterocycles. The molecule has 0 saturated carbocycles. The molecule has 3 aliphatic heterocycles. The van der Waals surface area contributed by atoms with Crippen molar-refractivity contribution in [2.24, 2.45) is 0 Å². The van der Waals surface area contributed by atoms with Gasteiger partial charge in [0.15, 0.2) is 0 Å². The second-order valence-corrected chi connectivity index (χ2v) is 9.48. The van der Waals surface area contributed by atoms with E-state index in [-0.39, 0.29) is 16.6 Å². The summed E-state index contributed by atoms with van der Waals surface area (Å²) in [5.41, 5.74) is 2.49. The summed E-state index contributed by atoms with van der Waals surface area (Å²) < 4.78 is 17.7. The van der Waals surface area contributed by atoms with E-state index in [9.17, 15) is 0 Å². The van der Waals surface area contributed by atoms with Crippen LogP contribution in [-0.2, 0) is 19.5 Å². The molecule has 1 aromatic carbocycles. The molecule has 6 nitrogen and oxygen atoms in total. The normalized spacial score (nSPS) is 23.8. The third-order valence-electron chi connectivity index (χ3n) is 6.49. The van der Waals surface area contributed by atoms with Crippen molar-refractivity contribution in [3.8, 4) is 0 Å². The number of ether oxygens (including phenoxy) is 1. The van der Waals surface area contributed by atoms with E-state index in [1.165, 1.54) is 5.56 Å². The monoisotopic (exact) mass is 397 g/mol. The molecule has 4 heterocycles. The highest BCUT2D eigenvalue weighted by Gasteiger charge is 2.52. The highest BCUT2D eigenvalue weighted by atomic mass is 32.1. The van der Waals surface area contributed by atoms with Gasteiger partial charge in [0.2, 0.25) is 5.95 Å². The summed E-state index contributed by atoms with van der Waals surface area (Å²) in [6, 6.07) is 6.27. The van der Waals surface area contributed by atoms with Crippen LogP contribution in [0.2, 0.25) is 0 Å². The molecule has 2 saturated heterocycles. The van der Waals surface area contributed by atoms with Crippen molar-refractivity contribution in [3.63, 3.8) is 0 Å². The van der Waals surface area contributed by atoms with E-state index in [0.717, 1.165) is 35.8 Å². The molecule has 8 heteroatoms. The van der Waals surface area contributed by atoms with E-state index in [4.69, 9.17) is 14.0 Å². The zero-order valence-electron chi connectivity index (χ0n) is 16.6. The third kappa shape index (κ3) is 2.62. The molecule has 1 spiro atoms. The first-order chi connectivity index (χ1) is 13.2. The quantitative estimate of drug-likeness (QED) is 0.621. The molecular formula is C20H24BN3O3S. The molecular weight excluding hydrogens is 373 g/mol. The Morgan fingerprint density at radius 1 is 1.04 bits per heavy atom. The molecule has 0 bridgehead atoms. The summed E-state index contributed by atoms with van der Waals surface area (Å²) in [7, 11) is -0.458. The number of hydrogen-bond acceptors (Lipinski definition) is 7. The van der Waals surface area contributed by atoms with Gasteiger partial charge in [0.25, 0.3) is 0 Å². The molecule has 146 valence electrons. The zero-order valence-corrected chi connectivity index (χ0v) is 17.5. The van der Waals surface area contributed by atoms with Gasteiger partial charge in [-0.15, -0.1) is 12.6 Å². The molecule has 28 heavy (non-hydrogen) atoms. The van der Waals surface area contributed by atoms with E-state index in [2.05, 4.69) is 39.6 Å². The average molecular weight is 397 g/mol. The number of benzene rings is 1. The van der Waals surface area contributed by atoms with Crippen LogP contribution >= 0.6 is 12.6 Å². The molecule has 0 unspecified atom stereocenters. The molecule has 0 N–H and O–H groups in total. The lowest BCUT2D eigenvalue weighted by atomic mass is 9.81. The first-order valence-corrected chi connectivity index (χ1v) is 10.0. The molecule has 5 rings (SSSR count). The van der Waals surface area contributed by atoms with Gasteiger partial charge in [-0.3, -0.25) is 0 Å². The van der Waals surface area contributed by atoms with Gasteiger partial charge in [-0.25, -0.2) is 9.97 Å². The Hall–Kier alpha value is -1.61. The van der Waals surface area contributed by atoms with Crippen LogP contribution < -0.4 is 10.4 Å². The van der Waals surface area contributed by atoms with Gasteiger partial charge in [0, 0.05) is 35.0 Å².